The van der Waals surface area contributed by atoms with Crippen molar-refractivity contribution in [2.75, 3.05) is 4.90 Å². The third kappa shape index (κ3) is 3.11. The van der Waals surface area contributed by atoms with Crippen molar-refractivity contribution in [3.63, 3.8) is 0 Å². The summed E-state index contributed by atoms with van der Waals surface area (Å²) in [6.45, 7) is 0.845. The molecule has 0 spiro atoms. The molecule has 0 saturated heterocycles. The van der Waals surface area contributed by atoms with Crippen molar-refractivity contribution in [3.8, 4) is 16.9 Å². The smallest absolute Gasteiger partial charge is 0.480 e. The molecule has 1 aliphatic rings. The van der Waals surface area contributed by atoms with Gasteiger partial charge in [-0.15, -0.1) is 0 Å². The van der Waals surface area contributed by atoms with Crippen LogP contribution in [0.25, 0.3) is 11.1 Å². The molecule has 30 heavy (non-hydrogen) atoms. The lowest BCUT2D eigenvalue weighted by Crippen LogP contribution is -2.55. The molecule has 1 amide bonds. The van der Waals surface area contributed by atoms with Gasteiger partial charge < -0.3 is 9.84 Å². The number of fused-ring (bicyclic) bond motifs is 1. The number of alkyl halides is 2. The topological polar surface area (TPSA) is 66.8 Å². The number of ether oxygens (including phenoxy) is 1. The molecule has 0 aromatic heterocycles. The van der Waals surface area contributed by atoms with Gasteiger partial charge >= 0.3 is 18.0 Å². The van der Waals surface area contributed by atoms with Gasteiger partial charge in [0.25, 0.3) is 0 Å². The molecular weight excluding hydrogens is 451 g/mol. The number of carbonyl (C=O) groups is 2. The summed E-state index contributed by atoms with van der Waals surface area (Å²) in [5, 5.41) is 8.34. The fraction of sp³-hybridized carbons (Fsp3) is 0.176. The number of hydrogen-bond acceptors (Lipinski definition) is 3. The van der Waals surface area contributed by atoms with Crippen LogP contribution in [0.3, 0.4) is 0 Å². The maximum Gasteiger partial charge on any atom is 0.483 e. The number of carboxylic acids is 1. The minimum absolute atomic E-state index is 0.0487. The van der Waals surface area contributed by atoms with E-state index in [1.165, 1.54) is 0 Å². The van der Waals surface area contributed by atoms with Crippen molar-refractivity contribution in [2.24, 2.45) is 0 Å². The summed E-state index contributed by atoms with van der Waals surface area (Å²) in [4.78, 5) is 23.3. The number of carboxylic acid groups (broad SMARTS) is 1. The lowest BCUT2D eigenvalue weighted by molar-refractivity contribution is -0.193. The van der Waals surface area contributed by atoms with Crippen LogP contribution in [0.4, 0.5) is 36.4 Å². The number of anilines is 1. The van der Waals surface area contributed by atoms with Crippen molar-refractivity contribution in [3.05, 3.63) is 46.2 Å². The van der Waals surface area contributed by atoms with E-state index in [4.69, 9.17) is 16.7 Å². The van der Waals surface area contributed by atoms with E-state index in [0.717, 1.165) is 6.92 Å². The zero-order valence-electron chi connectivity index (χ0n) is 14.4. The molecule has 5 nitrogen and oxygen atoms in total. The number of halogens is 8. The standard InChI is InChI=1S/C17H7ClF7NO4/c1-4(15(27)28)26-7-2-5(6(18)3-8(7)30-17(24,25)16(26)29)9-10(19)12(21)14(23)13(22)11(9)20/h2-4H,1H3,(H,27,28)/t4-/m0/s1. The number of benzene rings is 2. The molecule has 1 N–H and O–H groups in total. The van der Waals surface area contributed by atoms with Gasteiger partial charge in [0.05, 0.1) is 16.3 Å². The second-order valence-electron chi connectivity index (χ2n) is 6.05. The van der Waals surface area contributed by atoms with Crippen LogP contribution in [0.1, 0.15) is 6.92 Å². The first-order valence-electron chi connectivity index (χ1n) is 7.78. The van der Waals surface area contributed by atoms with E-state index >= 15 is 0 Å². The first-order chi connectivity index (χ1) is 13.8. The van der Waals surface area contributed by atoms with E-state index in [1.807, 2.05) is 0 Å². The Labute approximate surface area is 167 Å². The van der Waals surface area contributed by atoms with E-state index in [1.54, 1.807) is 0 Å². The van der Waals surface area contributed by atoms with Gasteiger partial charge in [0.2, 0.25) is 5.82 Å². The molecular formula is C17H7ClF7NO4. The van der Waals surface area contributed by atoms with Crippen LogP contribution in [-0.4, -0.2) is 29.1 Å². The van der Waals surface area contributed by atoms with E-state index in [9.17, 15) is 40.3 Å². The summed E-state index contributed by atoms with van der Waals surface area (Å²) in [6.07, 6.45) is -4.51. The molecule has 160 valence electrons. The molecule has 0 radical (unpaired) electrons. The Morgan fingerprint density at radius 2 is 1.57 bits per heavy atom. The molecule has 2 aromatic rings. The van der Waals surface area contributed by atoms with Crippen LogP contribution in [0, 0.1) is 29.1 Å². The van der Waals surface area contributed by atoms with Gasteiger partial charge in [0, 0.05) is 11.6 Å². The van der Waals surface area contributed by atoms with Crippen LogP contribution in [0.15, 0.2) is 12.1 Å². The van der Waals surface area contributed by atoms with E-state index in [0.29, 0.717) is 12.1 Å². The van der Waals surface area contributed by atoms with Crippen LogP contribution in [0.5, 0.6) is 5.75 Å². The Balaban J connectivity index is 2.34. The van der Waals surface area contributed by atoms with Crippen LogP contribution < -0.4 is 9.64 Å². The molecule has 1 aliphatic heterocycles. The van der Waals surface area contributed by atoms with E-state index in [-0.39, 0.29) is 4.90 Å². The van der Waals surface area contributed by atoms with E-state index < -0.39 is 80.7 Å². The Morgan fingerprint density at radius 1 is 1.07 bits per heavy atom. The number of nitrogens with zero attached hydrogens (tertiary/aromatic N) is 1. The molecule has 0 unspecified atom stereocenters. The van der Waals surface area contributed by atoms with Crippen molar-refractivity contribution in [2.45, 2.75) is 19.1 Å². The molecule has 0 bridgehead atoms. The van der Waals surface area contributed by atoms with Crippen LogP contribution in [0.2, 0.25) is 5.02 Å². The van der Waals surface area contributed by atoms with Gasteiger partial charge in [0.15, 0.2) is 29.0 Å². The van der Waals surface area contributed by atoms with Gasteiger partial charge in [-0.25, -0.2) is 26.7 Å². The fourth-order valence-electron chi connectivity index (χ4n) is 2.77. The number of hydrogen-bond donors (Lipinski definition) is 1. The first-order valence-corrected chi connectivity index (χ1v) is 8.16. The minimum atomic E-state index is -4.51. The molecule has 0 saturated carbocycles. The van der Waals surface area contributed by atoms with Crippen molar-refractivity contribution in [1.29, 1.82) is 0 Å². The summed E-state index contributed by atoms with van der Waals surface area (Å²) >= 11 is 5.79. The van der Waals surface area contributed by atoms with Gasteiger partial charge in [-0.3, -0.25) is 9.69 Å². The lowest BCUT2D eigenvalue weighted by Gasteiger charge is -2.36. The molecule has 1 atom stereocenters. The highest BCUT2D eigenvalue weighted by molar-refractivity contribution is 6.33. The Morgan fingerprint density at radius 3 is 2.07 bits per heavy atom. The molecule has 3 rings (SSSR count). The lowest BCUT2D eigenvalue weighted by atomic mass is 10.0. The Kier molecular flexibility index (Phi) is 5.09. The largest absolute Gasteiger partial charge is 0.483 e. The molecule has 2 aromatic carbocycles. The predicted molar refractivity (Wildman–Crippen MR) is 86.8 cm³/mol. The normalized spacial score (nSPS) is 16.2. The van der Waals surface area contributed by atoms with Gasteiger partial charge in [0.1, 0.15) is 6.04 Å². The minimum Gasteiger partial charge on any atom is -0.480 e. The highest BCUT2D eigenvalue weighted by Crippen LogP contribution is 2.46. The average molecular weight is 458 g/mol. The Bertz CT molecular complexity index is 1080. The summed E-state index contributed by atoms with van der Waals surface area (Å²) in [5.41, 5.74) is -3.12. The third-order valence-corrected chi connectivity index (χ3v) is 4.55. The quantitative estimate of drug-likeness (QED) is 0.419. The van der Waals surface area contributed by atoms with Crippen molar-refractivity contribution >= 4 is 29.2 Å². The average Bonchev–Trinajstić information content (AvgIpc) is 2.66. The first kappa shape index (κ1) is 21.7. The monoisotopic (exact) mass is 457 g/mol. The van der Waals surface area contributed by atoms with Gasteiger partial charge in [-0.1, -0.05) is 11.6 Å². The molecule has 13 heteroatoms. The van der Waals surface area contributed by atoms with E-state index in [2.05, 4.69) is 4.74 Å². The van der Waals surface area contributed by atoms with Crippen molar-refractivity contribution in [1.82, 2.24) is 0 Å². The maximum atomic E-state index is 14.2. The number of aliphatic carboxylic acids is 1. The second-order valence-corrected chi connectivity index (χ2v) is 6.46. The number of carbonyl (C=O) groups excluding carboxylic acids is 1. The SMILES string of the molecule is C[C@@H](C(=O)O)N1C(=O)C(F)(F)Oc2cc(Cl)c(-c3c(F)c(F)c(F)c(F)c3F)cc21. The highest BCUT2D eigenvalue weighted by Gasteiger charge is 2.53. The second kappa shape index (κ2) is 7.04. The van der Waals surface area contributed by atoms with Crippen molar-refractivity contribution < 1.29 is 50.2 Å². The van der Waals surface area contributed by atoms with Crippen LogP contribution >= 0.6 is 11.6 Å². The Hall–Kier alpha value is -3.02. The zero-order chi connectivity index (χ0) is 22.7. The third-order valence-electron chi connectivity index (χ3n) is 4.24. The van der Waals surface area contributed by atoms with Crippen LogP contribution in [-0.2, 0) is 9.59 Å². The summed E-state index contributed by atoms with van der Waals surface area (Å²) < 4.78 is 101. The summed E-state index contributed by atoms with van der Waals surface area (Å²) in [7, 11) is 0. The fourth-order valence-corrected chi connectivity index (χ4v) is 3.02. The number of amides is 1. The summed E-state index contributed by atoms with van der Waals surface area (Å²) in [5.74, 6) is -16.3. The van der Waals surface area contributed by atoms with Gasteiger partial charge in [-0.2, -0.15) is 8.78 Å². The maximum absolute atomic E-state index is 14.2. The zero-order valence-corrected chi connectivity index (χ0v) is 15.1. The molecule has 0 aliphatic carbocycles. The molecule has 0 fully saturated rings. The van der Waals surface area contributed by atoms with Gasteiger partial charge in [-0.05, 0) is 13.0 Å². The molecule has 1 heterocycles. The predicted octanol–water partition coefficient (Wildman–Crippen LogP) is 4.49. The number of rotatable bonds is 3. The summed E-state index contributed by atoms with van der Waals surface area (Å²) in [6, 6.07) is -0.870. The highest BCUT2D eigenvalue weighted by atomic mass is 35.5.